The summed E-state index contributed by atoms with van der Waals surface area (Å²) in [4.78, 5) is 27.1. The first kappa shape index (κ1) is 25.7. The SMILES string of the molecule is CCCCN(CCCC)Cc1nc(-c2ncn3c2[C@@H]2CCCN2C(=O)c2c(Cl)cccc2-3)no1.Cl. The number of benzene rings is 1. The largest absolute Gasteiger partial charge is 0.337 e. The zero-order valence-corrected chi connectivity index (χ0v) is 21.8. The molecule has 0 saturated carbocycles. The van der Waals surface area contributed by atoms with Gasteiger partial charge in [0.25, 0.3) is 5.91 Å². The van der Waals surface area contributed by atoms with Gasteiger partial charge in [-0.15, -0.1) is 12.4 Å². The summed E-state index contributed by atoms with van der Waals surface area (Å²) in [7, 11) is 0. The van der Waals surface area contributed by atoms with Gasteiger partial charge >= 0.3 is 0 Å². The Kier molecular flexibility index (Phi) is 8.14. The van der Waals surface area contributed by atoms with E-state index in [0.717, 1.165) is 63.0 Å². The maximum absolute atomic E-state index is 13.4. The topological polar surface area (TPSA) is 80.3 Å². The molecule has 35 heavy (non-hydrogen) atoms. The molecule has 0 aliphatic carbocycles. The van der Waals surface area contributed by atoms with E-state index in [1.807, 2.05) is 21.6 Å². The van der Waals surface area contributed by atoms with E-state index in [-0.39, 0.29) is 24.4 Å². The van der Waals surface area contributed by atoms with Crippen LogP contribution >= 0.6 is 24.0 Å². The molecule has 10 heteroatoms. The molecule has 1 atom stereocenters. The van der Waals surface area contributed by atoms with Gasteiger partial charge in [-0.1, -0.05) is 49.5 Å². The fraction of sp³-hybridized carbons (Fsp3) is 0.520. The Bertz CT molecular complexity index is 1170. The number of rotatable bonds is 9. The van der Waals surface area contributed by atoms with E-state index in [1.165, 1.54) is 0 Å². The number of nitrogens with zero attached hydrogens (tertiary/aromatic N) is 6. The molecule has 0 N–H and O–H groups in total. The van der Waals surface area contributed by atoms with Crippen LogP contribution in [0.25, 0.3) is 17.2 Å². The average molecular weight is 519 g/mol. The number of hydrogen-bond donors (Lipinski definition) is 0. The first-order valence-corrected chi connectivity index (χ1v) is 12.7. The first-order chi connectivity index (χ1) is 16.6. The zero-order valence-electron chi connectivity index (χ0n) is 20.2. The molecule has 4 heterocycles. The van der Waals surface area contributed by atoms with Crippen LogP contribution in [0.5, 0.6) is 0 Å². The van der Waals surface area contributed by atoms with Crippen LogP contribution in [0.2, 0.25) is 5.02 Å². The summed E-state index contributed by atoms with van der Waals surface area (Å²) in [5.74, 6) is 1.04. The van der Waals surface area contributed by atoms with E-state index in [4.69, 9.17) is 26.1 Å². The van der Waals surface area contributed by atoms with E-state index < -0.39 is 0 Å². The standard InChI is InChI=1S/C25H31ClN6O2.ClH/c1-3-5-12-30(13-6-4-2)15-20-28-24(29-34-20)22-23-19-11-8-14-31(19)25(33)21-17(26)9-7-10-18(21)32(23)16-27-22;/h7,9-10,16,19H,3-6,8,11-15H2,1-2H3;1H/t19-;/m0./s1. The molecule has 5 rings (SSSR count). The number of imidazole rings is 1. The van der Waals surface area contributed by atoms with Gasteiger partial charge in [0, 0.05) is 6.54 Å². The lowest BCUT2D eigenvalue weighted by atomic mass is 10.1. The molecule has 0 spiro atoms. The van der Waals surface area contributed by atoms with Gasteiger partial charge in [-0.3, -0.25) is 14.3 Å². The number of aromatic nitrogens is 4. The highest BCUT2D eigenvalue weighted by Crippen LogP contribution is 2.43. The maximum atomic E-state index is 13.4. The summed E-state index contributed by atoms with van der Waals surface area (Å²) in [6.07, 6.45) is 8.14. The third kappa shape index (κ3) is 4.84. The van der Waals surface area contributed by atoms with E-state index in [2.05, 4.69) is 23.9 Å². The molecule has 0 bridgehead atoms. The van der Waals surface area contributed by atoms with Crippen LogP contribution in [0, 0.1) is 0 Å². The van der Waals surface area contributed by atoms with Crippen molar-refractivity contribution < 1.29 is 9.32 Å². The minimum Gasteiger partial charge on any atom is -0.337 e. The third-order valence-electron chi connectivity index (χ3n) is 6.79. The van der Waals surface area contributed by atoms with Crippen LogP contribution in [-0.2, 0) is 6.54 Å². The van der Waals surface area contributed by atoms with E-state index in [9.17, 15) is 4.79 Å². The lowest BCUT2D eigenvalue weighted by Crippen LogP contribution is -2.30. The van der Waals surface area contributed by atoms with Crippen LogP contribution in [0.15, 0.2) is 29.0 Å². The Morgan fingerprint density at radius 1 is 1.20 bits per heavy atom. The fourth-order valence-corrected chi connectivity index (χ4v) is 5.29. The molecule has 188 valence electrons. The van der Waals surface area contributed by atoms with Crippen molar-refractivity contribution in [2.24, 2.45) is 0 Å². The van der Waals surface area contributed by atoms with E-state index >= 15 is 0 Å². The third-order valence-corrected chi connectivity index (χ3v) is 7.11. The lowest BCUT2D eigenvalue weighted by Gasteiger charge is -2.22. The Balaban J connectivity index is 0.00000289. The van der Waals surface area contributed by atoms with Gasteiger partial charge < -0.3 is 9.42 Å². The molecule has 1 fully saturated rings. The van der Waals surface area contributed by atoms with Gasteiger partial charge in [0.2, 0.25) is 11.7 Å². The van der Waals surface area contributed by atoms with Gasteiger partial charge in [-0.2, -0.15) is 4.98 Å². The molecule has 2 aromatic heterocycles. The van der Waals surface area contributed by atoms with Crippen molar-refractivity contribution in [1.82, 2.24) is 29.5 Å². The highest BCUT2D eigenvalue weighted by Gasteiger charge is 2.40. The van der Waals surface area contributed by atoms with Crippen molar-refractivity contribution in [3.63, 3.8) is 0 Å². The van der Waals surface area contributed by atoms with Crippen molar-refractivity contribution in [1.29, 1.82) is 0 Å². The van der Waals surface area contributed by atoms with Gasteiger partial charge in [-0.05, 0) is 50.9 Å². The predicted octanol–water partition coefficient (Wildman–Crippen LogP) is 5.69. The predicted molar refractivity (Wildman–Crippen MR) is 137 cm³/mol. The second-order valence-electron chi connectivity index (χ2n) is 9.13. The van der Waals surface area contributed by atoms with Crippen LogP contribution in [0.3, 0.4) is 0 Å². The number of unbranched alkanes of at least 4 members (excludes halogenated alkanes) is 2. The van der Waals surface area contributed by atoms with Crippen molar-refractivity contribution in [2.75, 3.05) is 19.6 Å². The Labute approximate surface area is 217 Å². The van der Waals surface area contributed by atoms with Crippen molar-refractivity contribution in [3.8, 4) is 17.2 Å². The highest BCUT2D eigenvalue weighted by molar-refractivity contribution is 6.34. The second kappa shape index (κ2) is 11.1. The van der Waals surface area contributed by atoms with Crippen molar-refractivity contribution in [2.45, 2.75) is 65.0 Å². The average Bonchev–Trinajstić information content (AvgIpc) is 3.58. The number of halogens is 2. The number of amides is 1. The molecule has 1 saturated heterocycles. The minimum absolute atomic E-state index is 0. The maximum Gasteiger partial charge on any atom is 0.258 e. The van der Waals surface area contributed by atoms with Crippen LogP contribution < -0.4 is 0 Å². The Hall–Kier alpha value is -2.42. The van der Waals surface area contributed by atoms with Gasteiger partial charge in [0.1, 0.15) is 12.0 Å². The summed E-state index contributed by atoms with van der Waals surface area (Å²) >= 11 is 6.49. The van der Waals surface area contributed by atoms with Crippen LogP contribution in [0.4, 0.5) is 0 Å². The lowest BCUT2D eigenvalue weighted by molar-refractivity contribution is 0.0739. The second-order valence-corrected chi connectivity index (χ2v) is 9.54. The molecular formula is C25H32Cl2N6O2. The number of fused-ring (bicyclic) bond motifs is 5. The number of hydrogen-bond acceptors (Lipinski definition) is 6. The fourth-order valence-electron chi connectivity index (χ4n) is 5.04. The minimum atomic E-state index is -0.0963. The summed E-state index contributed by atoms with van der Waals surface area (Å²) in [5.41, 5.74) is 2.86. The quantitative estimate of drug-likeness (QED) is 0.361. The smallest absolute Gasteiger partial charge is 0.258 e. The first-order valence-electron chi connectivity index (χ1n) is 12.3. The molecule has 2 aliphatic heterocycles. The number of carbonyl (C=O) groups excluding carboxylic acids is 1. The van der Waals surface area contributed by atoms with E-state index in [1.54, 1.807) is 12.4 Å². The molecule has 2 aliphatic rings. The molecule has 1 amide bonds. The summed E-state index contributed by atoms with van der Waals surface area (Å²) in [6.45, 7) is 7.77. The monoisotopic (exact) mass is 518 g/mol. The normalized spacial score (nSPS) is 16.6. The number of carbonyl (C=O) groups is 1. The van der Waals surface area contributed by atoms with Crippen LogP contribution in [-0.4, -0.2) is 55.0 Å². The molecule has 8 nitrogen and oxygen atoms in total. The van der Waals surface area contributed by atoms with Crippen molar-refractivity contribution >= 4 is 29.9 Å². The van der Waals surface area contributed by atoms with E-state index in [0.29, 0.717) is 41.1 Å². The Morgan fingerprint density at radius 3 is 2.71 bits per heavy atom. The molecule has 1 aromatic carbocycles. The van der Waals surface area contributed by atoms with Crippen LogP contribution in [0.1, 0.15) is 80.4 Å². The van der Waals surface area contributed by atoms with Gasteiger partial charge in [0.15, 0.2) is 0 Å². The summed E-state index contributed by atoms with van der Waals surface area (Å²) in [5, 5.41) is 4.76. The highest BCUT2D eigenvalue weighted by atomic mass is 35.5. The van der Waals surface area contributed by atoms with Crippen molar-refractivity contribution in [3.05, 3.63) is 46.7 Å². The molecular weight excluding hydrogens is 487 g/mol. The molecule has 0 radical (unpaired) electrons. The van der Waals surface area contributed by atoms with Gasteiger partial charge in [-0.25, -0.2) is 4.98 Å². The molecule has 0 unspecified atom stereocenters. The summed E-state index contributed by atoms with van der Waals surface area (Å²) < 4.78 is 7.65. The molecule has 3 aromatic rings. The summed E-state index contributed by atoms with van der Waals surface area (Å²) in [6, 6.07) is 5.45. The zero-order chi connectivity index (χ0) is 23.7. The van der Waals surface area contributed by atoms with Gasteiger partial charge in [0.05, 0.1) is 34.6 Å². The Morgan fingerprint density at radius 2 is 1.97 bits per heavy atom.